The number of imidazole rings is 1. The molecule has 1 aromatic rings. The molecule has 0 fully saturated rings. The van der Waals surface area contributed by atoms with Crippen LogP contribution in [-0.4, -0.2) is 14.7 Å². The highest BCUT2D eigenvalue weighted by Crippen LogP contribution is 2.14. The number of aliphatic hydroxyl groups excluding tert-OH is 1. The largest absolute Gasteiger partial charge is 0.385 e. The SMILES string of the molecule is CCCCCCn1ccnc1C(O)CC. The Morgan fingerprint density at radius 2 is 2.13 bits per heavy atom. The monoisotopic (exact) mass is 210 g/mol. The van der Waals surface area contributed by atoms with Crippen molar-refractivity contribution in [3.8, 4) is 0 Å². The fourth-order valence-corrected chi connectivity index (χ4v) is 1.70. The van der Waals surface area contributed by atoms with E-state index in [1.165, 1.54) is 25.7 Å². The van der Waals surface area contributed by atoms with E-state index in [9.17, 15) is 5.11 Å². The average Bonchev–Trinajstić information content (AvgIpc) is 2.71. The van der Waals surface area contributed by atoms with Crippen molar-refractivity contribution in [2.24, 2.45) is 0 Å². The van der Waals surface area contributed by atoms with Crippen molar-refractivity contribution >= 4 is 0 Å². The van der Waals surface area contributed by atoms with E-state index in [-0.39, 0.29) is 0 Å². The van der Waals surface area contributed by atoms with Crippen LogP contribution in [0, 0.1) is 0 Å². The highest BCUT2D eigenvalue weighted by atomic mass is 16.3. The number of unbranched alkanes of at least 4 members (excludes halogenated alkanes) is 3. The Bertz CT molecular complexity index is 270. The molecule has 0 saturated carbocycles. The van der Waals surface area contributed by atoms with E-state index in [0.29, 0.717) is 0 Å². The molecule has 1 atom stereocenters. The first-order valence-electron chi connectivity index (χ1n) is 5.98. The van der Waals surface area contributed by atoms with Gasteiger partial charge in [-0.1, -0.05) is 33.1 Å². The molecular formula is C12H22N2O. The van der Waals surface area contributed by atoms with Crippen LogP contribution in [0.5, 0.6) is 0 Å². The fraction of sp³-hybridized carbons (Fsp3) is 0.750. The van der Waals surface area contributed by atoms with Gasteiger partial charge >= 0.3 is 0 Å². The normalized spacial score (nSPS) is 13.0. The van der Waals surface area contributed by atoms with Gasteiger partial charge < -0.3 is 9.67 Å². The number of rotatable bonds is 7. The van der Waals surface area contributed by atoms with Crippen molar-refractivity contribution in [3.63, 3.8) is 0 Å². The first-order chi connectivity index (χ1) is 7.29. The number of aryl methyl sites for hydroxylation is 1. The third kappa shape index (κ3) is 3.67. The smallest absolute Gasteiger partial charge is 0.137 e. The van der Waals surface area contributed by atoms with Crippen molar-refractivity contribution < 1.29 is 5.11 Å². The van der Waals surface area contributed by atoms with Gasteiger partial charge in [-0.2, -0.15) is 0 Å². The maximum atomic E-state index is 9.72. The quantitative estimate of drug-likeness (QED) is 0.703. The minimum Gasteiger partial charge on any atom is -0.385 e. The van der Waals surface area contributed by atoms with Gasteiger partial charge in [0.2, 0.25) is 0 Å². The van der Waals surface area contributed by atoms with Gasteiger partial charge in [-0.05, 0) is 12.8 Å². The molecule has 0 saturated heterocycles. The Kier molecular flexibility index (Phi) is 5.40. The summed E-state index contributed by atoms with van der Waals surface area (Å²) in [6, 6.07) is 0. The van der Waals surface area contributed by atoms with E-state index >= 15 is 0 Å². The Morgan fingerprint density at radius 3 is 2.80 bits per heavy atom. The van der Waals surface area contributed by atoms with Gasteiger partial charge in [0, 0.05) is 18.9 Å². The van der Waals surface area contributed by atoms with Crippen LogP contribution in [0.3, 0.4) is 0 Å². The third-order valence-electron chi connectivity index (χ3n) is 2.68. The second kappa shape index (κ2) is 6.62. The van der Waals surface area contributed by atoms with Crippen molar-refractivity contribution in [2.45, 2.75) is 58.6 Å². The molecule has 86 valence electrons. The van der Waals surface area contributed by atoms with Gasteiger partial charge in [0.15, 0.2) is 0 Å². The van der Waals surface area contributed by atoms with Crippen molar-refractivity contribution in [2.75, 3.05) is 0 Å². The summed E-state index contributed by atoms with van der Waals surface area (Å²) in [6.07, 6.45) is 9.03. The average molecular weight is 210 g/mol. The summed E-state index contributed by atoms with van der Waals surface area (Å²) in [5.41, 5.74) is 0. The number of hydrogen-bond acceptors (Lipinski definition) is 2. The third-order valence-corrected chi connectivity index (χ3v) is 2.68. The van der Waals surface area contributed by atoms with Crippen LogP contribution in [0.25, 0.3) is 0 Å². The molecular weight excluding hydrogens is 188 g/mol. The summed E-state index contributed by atoms with van der Waals surface area (Å²) in [7, 11) is 0. The van der Waals surface area contributed by atoms with E-state index in [4.69, 9.17) is 0 Å². The number of aromatic nitrogens is 2. The van der Waals surface area contributed by atoms with Gasteiger partial charge in [0.05, 0.1) is 0 Å². The molecule has 0 aliphatic rings. The molecule has 0 aromatic carbocycles. The Morgan fingerprint density at radius 1 is 1.33 bits per heavy atom. The van der Waals surface area contributed by atoms with Crippen LogP contribution in [0.1, 0.15) is 57.9 Å². The van der Waals surface area contributed by atoms with Crippen LogP contribution < -0.4 is 0 Å². The molecule has 3 nitrogen and oxygen atoms in total. The molecule has 0 aliphatic heterocycles. The predicted molar refractivity (Wildman–Crippen MR) is 61.6 cm³/mol. The highest BCUT2D eigenvalue weighted by molar-refractivity contribution is 4.96. The molecule has 0 radical (unpaired) electrons. The lowest BCUT2D eigenvalue weighted by molar-refractivity contribution is 0.158. The van der Waals surface area contributed by atoms with Crippen LogP contribution in [-0.2, 0) is 6.54 Å². The molecule has 1 unspecified atom stereocenters. The predicted octanol–water partition coefficient (Wildman–Crippen LogP) is 2.91. The molecule has 0 bridgehead atoms. The van der Waals surface area contributed by atoms with Gasteiger partial charge in [0.1, 0.15) is 11.9 Å². The maximum Gasteiger partial charge on any atom is 0.137 e. The summed E-state index contributed by atoms with van der Waals surface area (Å²) >= 11 is 0. The second-order valence-corrected chi connectivity index (χ2v) is 3.96. The van der Waals surface area contributed by atoms with Gasteiger partial charge in [-0.15, -0.1) is 0 Å². The van der Waals surface area contributed by atoms with Gasteiger partial charge in [-0.25, -0.2) is 4.98 Å². The molecule has 0 amide bonds. The molecule has 1 aromatic heterocycles. The highest BCUT2D eigenvalue weighted by Gasteiger charge is 2.10. The number of aliphatic hydroxyl groups is 1. The molecule has 3 heteroatoms. The minimum absolute atomic E-state index is 0.411. The molecule has 0 aliphatic carbocycles. The lowest BCUT2D eigenvalue weighted by atomic mass is 10.2. The van der Waals surface area contributed by atoms with Crippen LogP contribution in [0.15, 0.2) is 12.4 Å². The summed E-state index contributed by atoms with van der Waals surface area (Å²) in [5, 5.41) is 9.72. The molecule has 0 spiro atoms. The van der Waals surface area contributed by atoms with Crippen molar-refractivity contribution in [3.05, 3.63) is 18.2 Å². The molecule has 1 rings (SSSR count). The number of nitrogens with zero attached hydrogens (tertiary/aromatic N) is 2. The molecule has 1 heterocycles. The minimum atomic E-state index is -0.411. The second-order valence-electron chi connectivity index (χ2n) is 3.96. The fourth-order valence-electron chi connectivity index (χ4n) is 1.70. The molecule has 15 heavy (non-hydrogen) atoms. The van der Waals surface area contributed by atoms with Crippen LogP contribution in [0.4, 0.5) is 0 Å². The van der Waals surface area contributed by atoms with Crippen LogP contribution in [0.2, 0.25) is 0 Å². The first kappa shape index (κ1) is 12.2. The lowest BCUT2D eigenvalue weighted by Gasteiger charge is -2.11. The Balaban J connectivity index is 2.43. The zero-order valence-electron chi connectivity index (χ0n) is 9.82. The zero-order chi connectivity index (χ0) is 11.1. The van der Waals surface area contributed by atoms with Gasteiger partial charge in [0.25, 0.3) is 0 Å². The van der Waals surface area contributed by atoms with Crippen molar-refractivity contribution in [1.29, 1.82) is 0 Å². The molecule has 1 N–H and O–H groups in total. The zero-order valence-corrected chi connectivity index (χ0v) is 9.82. The Hall–Kier alpha value is -0.830. The van der Waals surface area contributed by atoms with E-state index in [0.717, 1.165) is 18.8 Å². The van der Waals surface area contributed by atoms with Crippen LogP contribution >= 0.6 is 0 Å². The summed E-state index contributed by atoms with van der Waals surface area (Å²) in [4.78, 5) is 4.20. The number of hydrogen-bond donors (Lipinski definition) is 1. The Labute approximate surface area is 92.1 Å². The lowest BCUT2D eigenvalue weighted by Crippen LogP contribution is -2.08. The summed E-state index contributed by atoms with van der Waals surface area (Å²) in [6.45, 7) is 5.16. The topological polar surface area (TPSA) is 38.0 Å². The van der Waals surface area contributed by atoms with E-state index in [1.807, 2.05) is 13.1 Å². The first-order valence-corrected chi connectivity index (χ1v) is 5.98. The summed E-state index contributed by atoms with van der Waals surface area (Å²) in [5.74, 6) is 0.814. The maximum absolute atomic E-state index is 9.72. The van der Waals surface area contributed by atoms with E-state index in [1.54, 1.807) is 6.20 Å². The van der Waals surface area contributed by atoms with E-state index in [2.05, 4.69) is 16.5 Å². The van der Waals surface area contributed by atoms with E-state index < -0.39 is 6.10 Å². The standard InChI is InChI=1S/C12H22N2O/c1-3-5-6-7-9-14-10-8-13-12(14)11(15)4-2/h8,10-11,15H,3-7,9H2,1-2H3. The van der Waals surface area contributed by atoms with Gasteiger partial charge in [-0.3, -0.25) is 0 Å². The van der Waals surface area contributed by atoms with Crippen molar-refractivity contribution in [1.82, 2.24) is 9.55 Å². The summed E-state index contributed by atoms with van der Waals surface area (Å²) < 4.78 is 2.07.